The van der Waals surface area contributed by atoms with Crippen molar-refractivity contribution in [1.82, 2.24) is 24.6 Å². The van der Waals surface area contributed by atoms with Crippen molar-refractivity contribution in [3.63, 3.8) is 0 Å². The zero-order chi connectivity index (χ0) is 14.4. The van der Waals surface area contributed by atoms with Gasteiger partial charge in [0, 0.05) is 5.02 Å². The van der Waals surface area contributed by atoms with Crippen molar-refractivity contribution < 1.29 is 0 Å². The van der Waals surface area contributed by atoms with Crippen LogP contribution in [0.3, 0.4) is 0 Å². The van der Waals surface area contributed by atoms with E-state index in [2.05, 4.69) is 48.0 Å². The summed E-state index contributed by atoms with van der Waals surface area (Å²) in [6.45, 7) is 0.569. The Labute approximate surface area is 141 Å². The average Bonchev–Trinajstić information content (AvgIpc) is 3.12. The number of rotatable bonds is 3. The predicted molar refractivity (Wildman–Crippen MR) is 92.0 cm³/mol. The van der Waals surface area contributed by atoms with Crippen molar-refractivity contribution in [3.8, 4) is 0 Å². The Hall–Kier alpha value is -1.39. The van der Waals surface area contributed by atoms with E-state index in [1.165, 1.54) is 11.3 Å². The summed E-state index contributed by atoms with van der Waals surface area (Å²) in [5, 5.41) is 9.21. The van der Waals surface area contributed by atoms with Gasteiger partial charge in [-0.3, -0.25) is 0 Å². The molecule has 0 spiro atoms. The molecule has 106 valence electrons. The smallest absolute Gasteiger partial charge is 0.214 e. The zero-order valence-corrected chi connectivity index (χ0v) is 14.2. The Kier molecular flexibility index (Phi) is 3.23. The molecule has 0 saturated carbocycles. The van der Waals surface area contributed by atoms with Gasteiger partial charge in [0.2, 0.25) is 10.1 Å². The molecule has 0 fully saturated rings. The Morgan fingerprint density at radius 1 is 1.43 bits per heavy atom. The first kappa shape index (κ1) is 13.3. The molecule has 6 nitrogen and oxygen atoms in total. The number of hydrogen-bond acceptors (Lipinski definition) is 5. The van der Waals surface area contributed by atoms with Gasteiger partial charge in [0.15, 0.2) is 0 Å². The van der Waals surface area contributed by atoms with E-state index in [9.17, 15) is 0 Å². The maximum absolute atomic E-state index is 5.97. The first-order valence-electron chi connectivity index (χ1n) is 6.07. The summed E-state index contributed by atoms with van der Waals surface area (Å²) in [6, 6.07) is 5.60. The molecule has 0 bridgehead atoms. The Morgan fingerprint density at radius 3 is 3.19 bits per heavy atom. The zero-order valence-electron chi connectivity index (χ0n) is 10.5. The largest absolute Gasteiger partial charge is 0.353 e. The van der Waals surface area contributed by atoms with Crippen LogP contribution < -0.4 is 5.32 Å². The second-order valence-corrected chi connectivity index (χ2v) is 6.88. The van der Waals surface area contributed by atoms with Gasteiger partial charge < -0.3 is 10.3 Å². The van der Waals surface area contributed by atoms with Gasteiger partial charge in [0.25, 0.3) is 0 Å². The number of halogens is 2. The third-order valence-corrected chi connectivity index (χ3v) is 4.79. The molecule has 2 N–H and O–H groups in total. The van der Waals surface area contributed by atoms with E-state index in [1.807, 2.05) is 22.7 Å². The fraction of sp³-hybridized carbons (Fsp3) is 0.0833. The molecule has 3 heterocycles. The maximum atomic E-state index is 5.97. The van der Waals surface area contributed by atoms with E-state index in [1.54, 1.807) is 6.20 Å². The van der Waals surface area contributed by atoms with Crippen molar-refractivity contribution in [1.29, 1.82) is 0 Å². The van der Waals surface area contributed by atoms with Crippen LogP contribution in [0.25, 0.3) is 16.0 Å². The highest BCUT2D eigenvalue weighted by Gasteiger charge is 2.09. The monoisotopic (exact) mass is 430 g/mol. The fourth-order valence-corrected chi connectivity index (χ4v) is 3.60. The third-order valence-electron chi connectivity index (χ3n) is 2.94. The number of anilines is 1. The molecular weight excluding hydrogens is 423 g/mol. The van der Waals surface area contributed by atoms with Crippen LogP contribution in [0.2, 0.25) is 5.02 Å². The molecule has 1 aromatic carbocycles. The second kappa shape index (κ2) is 5.11. The molecule has 4 aromatic rings. The average molecular weight is 431 g/mol. The third kappa shape index (κ3) is 2.47. The molecule has 21 heavy (non-hydrogen) atoms. The van der Waals surface area contributed by atoms with E-state index in [-0.39, 0.29) is 0 Å². The first-order chi connectivity index (χ1) is 10.2. The van der Waals surface area contributed by atoms with Crippen LogP contribution in [0.4, 0.5) is 5.13 Å². The number of hydrogen-bond donors (Lipinski definition) is 2. The standard InChI is InChI=1S/C12H8ClIN6S/c13-6-1-2-7-8(3-6)18-10(17-7)5-15-11-19-20-9(14)4-16-12(20)21-11/h1-4H,5H2,(H,15,19)(H,17,18). The number of nitrogens with zero attached hydrogens (tertiary/aromatic N) is 4. The van der Waals surface area contributed by atoms with E-state index >= 15 is 0 Å². The summed E-state index contributed by atoms with van der Waals surface area (Å²) in [6.07, 6.45) is 1.80. The molecule has 0 amide bonds. The SMILES string of the molecule is Clc1ccc2nc(CNc3nn4c(I)cnc4s3)[nH]c2c1. The molecule has 4 rings (SSSR count). The van der Waals surface area contributed by atoms with Gasteiger partial charge in [-0.1, -0.05) is 22.9 Å². The van der Waals surface area contributed by atoms with Crippen LogP contribution in [-0.4, -0.2) is 24.6 Å². The van der Waals surface area contributed by atoms with E-state index in [4.69, 9.17) is 11.6 Å². The first-order valence-corrected chi connectivity index (χ1v) is 8.34. The number of nitrogens with one attached hydrogen (secondary N) is 2. The number of H-pyrrole nitrogens is 1. The van der Waals surface area contributed by atoms with Crippen molar-refractivity contribution in [2.75, 3.05) is 5.32 Å². The molecule has 0 unspecified atom stereocenters. The summed E-state index contributed by atoms with van der Waals surface area (Å²) in [4.78, 5) is 12.9. The molecule has 0 aliphatic rings. The fourth-order valence-electron chi connectivity index (χ4n) is 2.02. The van der Waals surface area contributed by atoms with Gasteiger partial charge in [0.05, 0.1) is 23.8 Å². The molecule has 0 aliphatic carbocycles. The molecule has 0 atom stereocenters. The molecule has 0 radical (unpaired) electrons. The lowest BCUT2D eigenvalue weighted by atomic mass is 10.3. The van der Waals surface area contributed by atoms with Crippen molar-refractivity contribution in [3.05, 3.63) is 38.9 Å². The van der Waals surface area contributed by atoms with Gasteiger partial charge in [-0.25, -0.2) is 9.97 Å². The van der Waals surface area contributed by atoms with Gasteiger partial charge in [0.1, 0.15) is 9.53 Å². The summed E-state index contributed by atoms with van der Waals surface area (Å²) < 4.78 is 2.80. The Morgan fingerprint density at radius 2 is 2.33 bits per heavy atom. The van der Waals surface area contributed by atoms with Crippen molar-refractivity contribution in [2.45, 2.75) is 6.54 Å². The Balaban J connectivity index is 1.56. The lowest BCUT2D eigenvalue weighted by Gasteiger charge is -1.97. The number of fused-ring (bicyclic) bond motifs is 2. The minimum absolute atomic E-state index is 0.569. The van der Waals surface area contributed by atoms with Crippen LogP contribution in [-0.2, 0) is 6.54 Å². The number of aromatic amines is 1. The highest BCUT2D eigenvalue weighted by molar-refractivity contribution is 14.1. The number of aromatic nitrogens is 5. The summed E-state index contributed by atoms with van der Waals surface area (Å²) in [5.41, 5.74) is 1.84. The predicted octanol–water partition coefficient (Wildman–Crippen LogP) is 3.54. The maximum Gasteiger partial charge on any atom is 0.214 e. The molecular formula is C12H8ClIN6S. The Bertz CT molecular complexity index is 942. The van der Waals surface area contributed by atoms with Gasteiger partial charge in [-0.2, -0.15) is 4.52 Å². The lowest BCUT2D eigenvalue weighted by molar-refractivity contribution is 0.927. The van der Waals surface area contributed by atoms with Crippen LogP contribution in [0.1, 0.15) is 5.82 Å². The highest BCUT2D eigenvalue weighted by atomic mass is 127. The molecule has 0 aliphatic heterocycles. The minimum Gasteiger partial charge on any atom is -0.353 e. The van der Waals surface area contributed by atoms with Gasteiger partial charge >= 0.3 is 0 Å². The summed E-state index contributed by atoms with van der Waals surface area (Å²) >= 11 is 9.68. The topological polar surface area (TPSA) is 70.9 Å². The minimum atomic E-state index is 0.569. The van der Waals surface area contributed by atoms with Crippen LogP contribution in [0, 0.1) is 3.70 Å². The summed E-state index contributed by atoms with van der Waals surface area (Å²) in [7, 11) is 0. The normalized spacial score (nSPS) is 11.5. The number of benzene rings is 1. The van der Waals surface area contributed by atoms with E-state index in [0.29, 0.717) is 11.6 Å². The molecule has 0 saturated heterocycles. The lowest BCUT2D eigenvalue weighted by Crippen LogP contribution is -2.01. The van der Waals surface area contributed by atoms with Gasteiger partial charge in [-0.05, 0) is 40.8 Å². The van der Waals surface area contributed by atoms with Gasteiger partial charge in [-0.15, -0.1) is 5.10 Å². The quantitative estimate of drug-likeness (QED) is 0.488. The van der Waals surface area contributed by atoms with Crippen molar-refractivity contribution in [2.24, 2.45) is 0 Å². The summed E-state index contributed by atoms with van der Waals surface area (Å²) in [5.74, 6) is 0.842. The van der Waals surface area contributed by atoms with E-state index < -0.39 is 0 Å². The van der Waals surface area contributed by atoms with Crippen LogP contribution in [0.15, 0.2) is 24.4 Å². The van der Waals surface area contributed by atoms with Crippen LogP contribution >= 0.6 is 45.5 Å². The van der Waals surface area contributed by atoms with Crippen molar-refractivity contribution >= 4 is 66.7 Å². The number of imidazole rings is 2. The molecule has 3 aromatic heterocycles. The highest BCUT2D eigenvalue weighted by Crippen LogP contribution is 2.22. The second-order valence-electron chi connectivity index (χ2n) is 4.38. The molecule has 9 heteroatoms. The van der Waals surface area contributed by atoms with Crippen LogP contribution in [0.5, 0.6) is 0 Å². The van der Waals surface area contributed by atoms with E-state index in [0.717, 1.165) is 30.7 Å².